The van der Waals surface area contributed by atoms with Crippen LogP contribution >= 0.6 is 11.3 Å². The molecule has 0 amide bonds. The van der Waals surface area contributed by atoms with E-state index >= 15 is 0 Å². The Bertz CT molecular complexity index is 3090. The van der Waals surface area contributed by atoms with Gasteiger partial charge in [-0.1, -0.05) is 103 Å². The number of hydrogen-bond acceptors (Lipinski definition) is 4. The molecule has 11 rings (SSSR count). The SMILES string of the molecule is c1ccc(-c2ccc(N(c3ccc4c(c3)oc3ccc5ccccc5c34)c3cccc4c3oc3c4ccc4sc5ccccc5c43)cc2)cc1. The molecule has 4 heteroatoms. The van der Waals surface area contributed by atoms with E-state index in [4.69, 9.17) is 8.83 Å². The highest BCUT2D eigenvalue weighted by molar-refractivity contribution is 7.26. The van der Waals surface area contributed by atoms with Gasteiger partial charge in [0.15, 0.2) is 5.58 Å². The van der Waals surface area contributed by atoms with Gasteiger partial charge in [0.05, 0.1) is 11.4 Å². The quantitative estimate of drug-likeness (QED) is 0.189. The molecule has 3 heterocycles. The summed E-state index contributed by atoms with van der Waals surface area (Å²) in [6, 6.07) is 58.2. The molecule has 50 heavy (non-hydrogen) atoms. The third kappa shape index (κ3) is 4.03. The first kappa shape index (κ1) is 27.6. The molecule has 3 nitrogen and oxygen atoms in total. The number of anilines is 3. The molecule has 11 aromatic rings. The van der Waals surface area contributed by atoms with E-state index in [1.54, 1.807) is 0 Å². The zero-order chi connectivity index (χ0) is 32.8. The second-order valence-electron chi connectivity index (χ2n) is 12.9. The molecule has 0 aliphatic heterocycles. The van der Waals surface area contributed by atoms with E-state index in [9.17, 15) is 0 Å². The van der Waals surface area contributed by atoms with Crippen LogP contribution in [-0.4, -0.2) is 0 Å². The lowest BCUT2D eigenvalue weighted by atomic mass is 10.0. The van der Waals surface area contributed by atoms with Crippen molar-refractivity contribution in [1.29, 1.82) is 0 Å². The highest BCUT2D eigenvalue weighted by Gasteiger charge is 2.22. The van der Waals surface area contributed by atoms with Crippen LogP contribution in [0, 0.1) is 0 Å². The normalized spacial score (nSPS) is 12.0. The van der Waals surface area contributed by atoms with Gasteiger partial charge in [-0.05, 0) is 76.5 Å². The lowest BCUT2D eigenvalue weighted by Crippen LogP contribution is -2.10. The minimum atomic E-state index is 0.850. The molecule has 0 N–H and O–H groups in total. The summed E-state index contributed by atoms with van der Waals surface area (Å²) in [6.07, 6.45) is 0. The predicted octanol–water partition coefficient (Wildman–Crippen LogP) is 14.1. The Hall–Kier alpha value is -6.36. The summed E-state index contributed by atoms with van der Waals surface area (Å²) >= 11 is 1.81. The van der Waals surface area contributed by atoms with E-state index in [2.05, 4.69) is 169 Å². The fourth-order valence-electron chi connectivity index (χ4n) is 7.76. The van der Waals surface area contributed by atoms with E-state index in [1.165, 1.54) is 42.1 Å². The van der Waals surface area contributed by atoms with Gasteiger partial charge in [-0.3, -0.25) is 0 Å². The predicted molar refractivity (Wildman–Crippen MR) is 212 cm³/mol. The second-order valence-corrected chi connectivity index (χ2v) is 13.9. The van der Waals surface area contributed by atoms with Gasteiger partial charge in [0.25, 0.3) is 0 Å². The number of hydrogen-bond donors (Lipinski definition) is 0. The van der Waals surface area contributed by atoms with Crippen LogP contribution in [0.2, 0.25) is 0 Å². The monoisotopic (exact) mass is 657 g/mol. The number of furan rings is 2. The summed E-state index contributed by atoms with van der Waals surface area (Å²) in [7, 11) is 0. The van der Waals surface area contributed by atoms with Crippen LogP contribution in [0.15, 0.2) is 173 Å². The van der Waals surface area contributed by atoms with Crippen molar-refractivity contribution in [3.8, 4) is 11.1 Å². The van der Waals surface area contributed by atoms with Crippen molar-refractivity contribution in [3.63, 3.8) is 0 Å². The molecule has 0 atom stereocenters. The van der Waals surface area contributed by atoms with Crippen molar-refractivity contribution in [3.05, 3.63) is 164 Å². The van der Waals surface area contributed by atoms with Crippen molar-refractivity contribution in [1.82, 2.24) is 0 Å². The van der Waals surface area contributed by atoms with Gasteiger partial charge in [-0.15, -0.1) is 11.3 Å². The summed E-state index contributed by atoms with van der Waals surface area (Å²) in [5.41, 5.74) is 8.88. The highest BCUT2D eigenvalue weighted by Crippen LogP contribution is 2.47. The van der Waals surface area contributed by atoms with E-state index in [0.717, 1.165) is 60.9 Å². The summed E-state index contributed by atoms with van der Waals surface area (Å²) < 4.78 is 16.1. The summed E-state index contributed by atoms with van der Waals surface area (Å²) in [5.74, 6) is 0. The Labute approximate surface area is 290 Å². The minimum Gasteiger partial charge on any atom is -0.456 e. The standard InChI is InChI=1S/C46H27NO2S/c1-2-9-28(10-3-1)29-17-20-31(21-18-29)47(32-22-23-36-40(27-32)48-39-25-19-30-11-4-5-12-33(30)43(36)39)38-15-8-14-34-35-24-26-42-44(46(35)49-45(34)38)37-13-6-7-16-41(37)50-42/h1-27H. The van der Waals surface area contributed by atoms with Gasteiger partial charge < -0.3 is 13.7 Å². The zero-order valence-corrected chi connectivity index (χ0v) is 27.6. The van der Waals surface area contributed by atoms with E-state index in [-0.39, 0.29) is 0 Å². The molecular formula is C46H27NO2S. The molecular weight excluding hydrogens is 631 g/mol. The Morgan fingerprint density at radius 2 is 1.12 bits per heavy atom. The molecule has 0 fully saturated rings. The molecule has 0 saturated carbocycles. The summed E-state index contributed by atoms with van der Waals surface area (Å²) in [4.78, 5) is 2.30. The number of thiophene rings is 1. The van der Waals surface area contributed by atoms with Crippen molar-refractivity contribution in [2.45, 2.75) is 0 Å². The zero-order valence-electron chi connectivity index (χ0n) is 26.8. The maximum atomic E-state index is 7.01. The lowest BCUT2D eigenvalue weighted by molar-refractivity contribution is 0.668. The molecule has 0 saturated heterocycles. The van der Waals surface area contributed by atoms with Crippen molar-refractivity contribution in [2.75, 3.05) is 4.90 Å². The van der Waals surface area contributed by atoms with Crippen molar-refractivity contribution < 1.29 is 8.83 Å². The maximum Gasteiger partial charge on any atom is 0.159 e. The topological polar surface area (TPSA) is 29.5 Å². The van der Waals surface area contributed by atoms with Crippen LogP contribution < -0.4 is 4.90 Å². The Kier molecular flexibility index (Phi) is 5.83. The smallest absolute Gasteiger partial charge is 0.159 e. The largest absolute Gasteiger partial charge is 0.456 e. The molecule has 0 spiro atoms. The molecule has 0 unspecified atom stereocenters. The van der Waals surface area contributed by atoms with Crippen LogP contribution in [0.3, 0.4) is 0 Å². The fourth-order valence-corrected chi connectivity index (χ4v) is 8.86. The Morgan fingerprint density at radius 3 is 2.02 bits per heavy atom. The number of benzene rings is 8. The Morgan fingerprint density at radius 1 is 0.400 bits per heavy atom. The molecule has 8 aromatic carbocycles. The van der Waals surface area contributed by atoms with Crippen molar-refractivity contribution >= 4 is 103 Å². The van der Waals surface area contributed by atoms with E-state index in [1.807, 2.05) is 11.3 Å². The van der Waals surface area contributed by atoms with Gasteiger partial charge in [-0.25, -0.2) is 0 Å². The van der Waals surface area contributed by atoms with Crippen LogP contribution in [-0.2, 0) is 0 Å². The van der Waals surface area contributed by atoms with Gasteiger partial charge in [-0.2, -0.15) is 0 Å². The van der Waals surface area contributed by atoms with Gasteiger partial charge in [0.1, 0.15) is 16.7 Å². The van der Waals surface area contributed by atoms with E-state index < -0.39 is 0 Å². The first-order valence-electron chi connectivity index (χ1n) is 16.8. The fraction of sp³-hybridized carbons (Fsp3) is 0. The average molecular weight is 658 g/mol. The Balaban J connectivity index is 1.16. The first-order valence-corrected chi connectivity index (χ1v) is 17.7. The van der Waals surface area contributed by atoms with Crippen LogP contribution in [0.1, 0.15) is 0 Å². The van der Waals surface area contributed by atoms with Gasteiger partial charge in [0, 0.05) is 53.5 Å². The number of rotatable bonds is 4. The first-order chi connectivity index (χ1) is 24.8. The maximum absolute atomic E-state index is 7.01. The van der Waals surface area contributed by atoms with Crippen LogP contribution in [0.4, 0.5) is 17.1 Å². The molecule has 234 valence electrons. The lowest BCUT2D eigenvalue weighted by Gasteiger charge is -2.25. The molecule has 0 bridgehead atoms. The van der Waals surface area contributed by atoms with Crippen molar-refractivity contribution in [2.24, 2.45) is 0 Å². The highest BCUT2D eigenvalue weighted by atomic mass is 32.1. The average Bonchev–Trinajstić information content (AvgIpc) is 3.87. The number of nitrogens with zero attached hydrogens (tertiary/aromatic N) is 1. The number of para-hydroxylation sites is 1. The number of fused-ring (bicyclic) bond motifs is 12. The van der Waals surface area contributed by atoms with Gasteiger partial charge in [0.2, 0.25) is 0 Å². The molecule has 0 aliphatic carbocycles. The molecule has 0 radical (unpaired) electrons. The van der Waals surface area contributed by atoms with Crippen LogP contribution in [0.5, 0.6) is 0 Å². The summed E-state index contributed by atoms with van der Waals surface area (Å²) in [5, 5.41) is 9.28. The van der Waals surface area contributed by atoms with E-state index in [0.29, 0.717) is 0 Å². The molecule has 0 aliphatic rings. The third-order valence-corrected chi connectivity index (χ3v) is 11.2. The second kappa shape index (κ2) is 10.6. The molecule has 3 aromatic heterocycles. The van der Waals surface area contributed by atoms with Gasteiger partial charge >= 0.3 is 0 Å². The van der Waals surface area contributed by atoms with Crippen LogP contribution in [0.25, 0.3) is 85.9 Å². The summed E-state index contributed by atoms with van der Waals surface area (Å²) in [6.45, 7) is 0. The third-order valence-electron chi connectivity index (χ3n) is 10.1. The minimum absolute atomic E-state index is 0.850.